The predicted octanol–water partition coefficient (Wildman–Crippen LogP) is 4.11. The number of morpholine rings is 1. The van der Waals surface area contributed by atoms with Gasteiger partial charge in [-0.05, 0) is 57.2 Å². The normalized spacial score (nSPS) is 16.2. The van der Waals surface area contributed by atoms with E-state index >= 15 is 0 Å². The van der Waals surface area contributed by atoms with Crippen LogP contribution in [0.4, 0.5) is 17.1 Å². The Kier molecular flexibility index (Phi) is 4.73. The predicted molar refractivity (Wildman–Crippen MR) is 112 cm³/mol. The van der Waals surface area contributed by atoms with Crippen LogP contribution in [0.1, 0.15) is 30.0 Å². The van der Waals surface area contributed by atoms with Crippen LogP contribution in [0.15, 0.2) is 42.6 Å². The van der Waals surface area contributed by atoms with Crippen molar-refractivity contribution < 1.29 is 9.53 Å². The standard InChI is InChI=1S/C22H24N4O2/c1-15-10-21(25-16-4-5-17(13-27)23-12-16)19-11-18(6-7-20(19)24-15)26-8-9-28-22(2,3)14-26/h4-7,10-13H,8-9,14H2,1-3H3,(H,24,25). The van der Waals surface area contributed by atoms with E-state index in [0.29, 0.717) is 5.69 Å². The Labute approximate surface area is 164 Å². The quantitative estimate of drug-likeness (QED) is 0.691. The van der Waals surface area contributed by atoms with Crippen LogP contribution in [-0.4, -0.2) is 41.6 Å². The van der Waals surface area contributed by atoms with Crippen molar-refractivity contribution in [2.75, 3.05) is 29.9 Å². The number of fused-ring (bicyclic) bond motifs is 1. The van der Waals surface area contributed by atoms with E-state index in [1.807, 2.05) is 19.1 Å². The van der Waals surface area contributed by atoms with Gasteiger partial charge in [-0.1, -0.05) is 0 Å². The van der Waals surface area contributed by atoms with Gasteiger partial charge in [0.1, 0.15) is 5.69 Å². The molecule has 1 aliphatic heterocycles. The molecule has 144 valence electrons. The second kappa shape index (κ2) is 7.20. The Hall–Kier alpha value is -2.99. The minimum atomic E-state index is -0.161. The maximum atomic E-state index is 10.8. The Bertz CT molecular complexity index is 1010. The van der Waals surface area contributed by atoms with Gasteiger partial charge in [-0.2, -0.15) is 0 Å². The molecule has 28 heavy (non-hydrogen) atoms. The van der Waals surface area contributed by atoms with Crippen LogP contribution in [-0.2, 0) is 4.74 Å². The fourth-order valence-electron chi connectivity index (χ4n) is 3.59. The molecule has 3 heterocycles. The van der Waals surface area contributed by atoms with Crippen molar-refractivity contribution in [1.29, 1.82) is 0 Å². The summed E-state index contributed by atoms with van der Waals surface area (Å²) in [5.41, 5.74) is 5.09. The molecule has 0 unspecified atom stereocenters. The first-order chi connectivity index (χ1) is 13.4. The summed E-state index contributed by atoms with van der Waals surface area (Å²) in [6.45, 7) is 8.65. The second-order valence-corrected chi connectivity index (χ2v) is 7.76. The zero-order valence-corrected chi connectivity index (χ0v) is 16.4. The van der Waals surface area contributed by atoms with Crippen LogP contribution in [0.25, 0.3) is 10.9 Å². The molecule has 0 spiro atoms. The summed E-state index contributed by atoms with van der Waals surface area (Å²) < 4.78 is 5.84. The second-order valence-electron chi connectivity index (χ2n) is 7.76. The summed E-state index contributed by atoms with van der Waals surface area (Å²) in [5, 5.41) is 4.47. The van der Waals surface area contributed by atoms with Crippen molar-refractivity contribution in [3.05, 3.63) is 54.0 Å². The minimum absolute atomic E-state index is 0.161. The fraction of sp³-hybridized carbons (Fsp3) is 0.318. The molecule has 0 saturated carbocycles. The van der Waals surface area contributed by atoms with Crippen LogP contribution < -0.4 is 10.2 Å². The molecule has 1 saturated heterocycles. The van der Waals surface area contributed by atoms with Crippen LogP contribution >= 0.6 is 0 Å². The number of nitrogens with zero attached hydrogens (tertiary/aromatic N) is 3. The average molecular weight is 376 g/mol. The highest BCUT2D eigenvalue weighted by Gasteiger charge is 2.27. The van der Waals surface area contributed by atoms with E-state index in [9.17, 15) is 4.79 Å². The van der Waals surface area contributed by atoms with Gasteiger partial charge in [0.15, 0.2) is 6.29 Å². The number of ether oxygens (including phenoxy) is 1. The molecule has 1 fully saturated rings. The molecule has 0 aliphatic carbocycles. The number of hydrogen-bond acceptors (Lipinski definition) is 6. The maximum absolute atomic E-state index is 10.8. The van der Waals surface area contributed by atoms with E-state index in [-0.39, 0.29) is 5.60 Å². The molecule has 6 heteroatoms. The summed E-state index contributed by atoms with van der Waals surface area (Å²) in [4.78, 5) is 22.0. The van der Waals surface area contributed by atoms with Crippen LogP contribution in [0.2, 0.25) is 0 Å². The monoisotopic (exact) mass is 376 g/mol. The number of aromatic nitrogens is 2. The van der Waals surface area contributed by atoms with E-state index in [2.05, 4.69) is 52.2 Å². The molecule has 0 bridgehead atoms. The molecular formula is C22H24N4O2. The minimum Gasteiger partial charge on any atom is -0.372 e. The smallest absolute Gasteiger partial charge is 0.168 e. The summed E-state index contributed by atoms with van der Waals surface area (Å²) in [5.74, 6) is 0. The van der Waals surface area contributed by atoms with E-state index in [4.69, 9.17) is 4.74 Å². The molecule has 1 aliphatic rings. The number of benzene rings is 1. The van der Waals surface area contributed by atoms with E-state index in [0.717, 1.165) is 59.6 Å². The number of aryl methyl sites for hydroxylation is 1. The first kappa shape index (κ1) is 18.4. The van der Waals surface area contributed by atoms with Crippen LogP contribution in [0.5, 0.6) is 0 Å². The third-order valence-corrected chi connectivity index (χ3v) is 4.90. The van der Waals surface area contributed by atoms with Crippen molar-refractivity contribution in [2.45, 2.75) is 26.4 Å². The topological polar surface area (TPSA) is 67.4 Å². The molecule has 6 nitrogen and oxygen atoms in total. The summed E-state index contributed by atoms with van der Waals surface area (Å²) in [6.07, 6.45) is 2.41. The lowest BCUT2D eigenvalue weighted by Gasteiger charge is -2.39. The van der Waals surface area contributed by atoms with Crippen LogP contribution in [0.3, 0.4) is 0 Å². The zero-order valence-electron chi connectivity index (χ0n) is 16.4. The largest absolute Gasteiger partial charge is 0.372 e. The third-order valence-electron chi connectivity index (χ3n) is 4.90. The van der Waals surface area contributed by atoms with Crippen molar-refractivity contribution in [3.63, 3.8) is 0 Å². The van der Waals surface area contributed by atoms with E-state index < -0.39 is 0 Å². The average Bonchev–Trinajstić information content (AvgIpc) is 2.67. The molecular weight excluding hydrogens is 352 g/mol. The Morgan fingerprint density at radius 2 is 2.07 bits per heavy atom. The van der Waals surface area contributed by atoms with E-state index in [1.54, 1.807) is 12.3 Å². The third kappa shape index (κ3) is 3.82. The number of carbonyl (C=O) groups is 1. The number of hydrogen-bond donors (Lipinski definition) is 1. The molecule has 2 aromatic heterocycles. The maximum Gasteiger partial charge on any atom is 0.168 e. The van der Waals surface area contributed by atoms with Gasteiger partial charge in [0.25, 0.3) is 0 Å². The molecule has 0 radical (unpaired) electrons. The number of rotatable bonds is 4. The van der Waals surface area contributed by atoms with Crippen molar-refractivity contribution in [1.82, 2.24) is 9.97 Å². The molecule has 1 N–H and O–H groups in total. The lowest BCUT2D eigenvalue weighted by Crippen LogP contribution is -2.48. The summed E-state index contributed by atoms with van der Waals surface area (Å²) >= 11 is 0. The zero-order chi connectivity index (χ0) is 19.7. The number of aldehydes is 1. The summed E-state index contributed by atoms with van der Waals surface area (Å²) in [7, 11) is 0. The van der Waals surface area contributed by atoms with Crippen molar-refractivity contribution in [2.24, 2.45) is 0 Å². The highest BCUT2D eigenvalue weighted by Crippen LogP contribution is 2.31. The summed E-state index contributed by atoms with van der Waals surface area (Å²) in [6, 6.07) is 12.0. The van der Waals surface area contributed by atoms with Gasteiger partial charge < -0.3 is 15.0 Å². The Morgan fingerprint density at radius 1 is 1.21 bits per heavy atom. The van der Waals surface area contributed by atoms with Gasteiger partial charge in [-0.25, -0.2) is 0 Å². The molecule has 0 atom stereocenters. The lowest BCUT2D eigenvalue weighted by molar-refractivity contribution is -0.0276. The van der Waals surface area contributed by atoms with Crippen molar-refractivity contribution in [3.8, 4) is 0 Å². The number of carbonyl (C=O) groups excluding carboxylic acids is 1. The van der Waals surface area contributed by atoms with Gasteiger partial charge in [0, 0.05) is 35.5 Å². The van der Waals surface area contributed by atoms with Gasteiger partial charge in [0.05, 0.1) is 29.6 Å². The van der Waals surface area contributed by atoms with Gasteiger partial charge in [-0.15, -0.1) is 0 Å². The molecule has 3 aromatic rings. The molecule has 4 rings (SSSR count). The van der Waals surface area contributed by atoms with Gasteiger partial charge in [-0.3, -0.25) is 14.8 Å². The fourth-order valence-corrected chi connectivity index (χ4v) is 3.59. The highest BCUT2D eigenvalue weighted by molar-refractivity contribution is 5.95. The van der Waals surface area contributed by atoms with Gasteiger partial charge in [0.2, 0.25) is 0 Å². The first-order valence-corrected chi connectivity index (χ1v) is 9.42. The Balaban J connectivity index is 1.71. The SMILES string of the molecule is Cc1cc(Nc2ccc(C=O)nc2)c2cc(N3CCOC(C)(C)C3)ccc2n1. The highest BCUT2D eigenvalue weighted by atomic mass is 16.5. The number of nitrogens with one attached hydrogen (secondary N) is 1. The number of pyridine rings is 2. The van der Waals surface area contributed by atoms with Crippen molar-refractivity contribution >= 4 is 34.3 Å². The first-order valence-electron chi connectivity index (χ1n) is 9.42. The Morgan fingerprint density at radius 3 is 2.79 bits per heavy atom. The number of anilines is 3. The van der Waals surface area contributed by atoms with Gasteiger partial charge >= 0.3 is 0 Å². The lowest BCUT2D eigenvalue weighted by atomic mass is 10.1. The molecule has 0 amide bonds. The molecule has 1 aromatic carbocycles. The van der Waals surface area contributed by atoms with Crippen LogP contribution in [0, 0.1) is 6.92 Å². The van der Waals surface area contributed by atoms with E-state index in [1.165, 1.54) is 0 Å².